The Morgan fingerprint density at radius 2 is 1.67 bits per heavy atom. The van der Waals surface area contributed by atoms with E-state index in [2.05, 4.69) is 53.0 Å². The van der Waals surface area contributed by atoms with E-state index < -0.39 is 13.9 Å². The number of amides is 1. The quantitative estimate of drug-likeness (QED) is 0.627. The second-order valence-corrected chi connectivity index (χ2v) is 15.8. The third-order valence-corrected chi connectivity index (χ3v) is 10.2. The summed E-state index contributed by atoms with van der Waals surface area (Å²) < 4.78 is 12.1. The normalized spacial score (nSPS) is 21.8. The molecule has 0 bridgehead atoms. The van der Waals surface area contributed by atoms with Crippen LogP contribution in [0.15, 0.2) is 0 Å². The van der Waals surface area contributed by atoms with E-state index in [0.717, 1.165) is 32.8 Å². The lowest BCUT2D eigenvalue weighted by molar-refractivity contribution is 0.0281. The Labute approximate surface area is 168 Å². The van der Waals surface area contributed by atoms with E-state index >= 15 is 0 Å². The molecule has 0 unspecified atom stereocenters. The molecule has 0 aromatic carbocycles. The van der Waals surface area contributed by atoms with Gasteiger partial charge in [-0.3, -0.25) is 0 Å². The van der Waals surface area contributed by atoms with Gasteiger partial charge in [0.15, 0.2) is 8.32 Å². The Kier molecular flexibility index (Phi) is 8.39. The predicted octanol–water partition coefficient (Wildman–Crippen LogP) is 4.74. The van der Waals surface area contributed by atoms with Gasteiger partial charge in [0.2, 0.25) is 0 Å². The summed E-state index contributed by atoms with van der Waals surface area (Å²) in [6.45, 7) is 25.7. The number of nitrogens with one attached hydrogen (secondary N) is 1. The topological polar surface area (TPSA) is 50.8 Å². The van der Waals surface area contributed by atoms with Crippen LogP contribution in [-0.2, 0) is 9.16 Å². The van der Waals surface area contributed by atoms with Crippen molar-refractivity contribution < 1.29 is 14.0 Å². The molecule has 6 heteroatoms. The van der Waals surface area contributed by atoms with Crippen LogP contribution in [0, 0.1) is 17.8 Å². The molecular weight excluding hydrogens is 356 g/mol. The van der Waals surface area contributed by atoms with Crippen molar-refractivity contribution in [2.45, 2.75) is 79.1 Å². The molecule has 0 spiro atoms. The Morgan fingerprint density at radius 1 is 1.11 bits per heavy atom. The fourth-order valence-electron chi connectivity index (χ4n) is 2.92. The van der Waals surface area contributed by atoms with Crippen LogP contribution in [0.4, 0.5) is 4.79 Å². The molecule has 0 saturated carbocycles. The zero-order valence-corrected chi connectivity index (χ0v) is 20.4. The van der Waals surface area contributed by atoms with Crippen LogP contribution in [0.1, 0.15) is 55.4 Å². The average Bonchev–Trinajstić information content (AvgIpc) is 2.85. The molecule has 27 heavy (non-hydrogen) atoms. The molecule has 1 N–H and O–H groups in total. The molecule has 0 aromatic rings. The molecule has 1 aliphatic rings. The summed E-state index contributed by atoms with van der Waals surface area (Å²) in [6, 6.07) is 0. The number of nitrogens with zero attached hydrogens (tertiary/aromatic N) is 1. The summed E-state index contributed by atoms with van der Waals surface area (Å²) in [4.78, 5) is 14.4. The lowest BCUT2D eigenvalue weighted by Gasteiger charge is -2.37. The molecule has 0 aliphatic carbocycles. The van der Waals surface area contributed by atoms with Gasteiger partial charge < -0.3 is 19.4 Å². The monoisotopic (exact) mass is 400 g/mol. The maximum atomic E-state index is 12.5. The molecule has 2 atom stereocenters. The first kappa shape index (κ1) is 24.4. The summed E-state index contributed by atoms with van der Waals surface area (Å²) in [5.41, 5.74) is -0.460. The average molecular weight is 401 g/mol. The van der Waals surface area contributed by atoms with Crippen molar-refractivity contribution in [2.24, 2.45) is 17.8 Å². The van der Waals surface area contributed by atoms with Crippen LogP contribution < -0.4 is 5.32 Å². The largest absolute Gasteiger partial charge is 0.444 e. The molecule has 5 nitrogen and oxygen atoms in total. The van der Waals surface area contributed by atoms with Crippen LogP contribution >= 0.6 is 0 Å². The molecule has 1 aliphatic heterocycles. The number of hydrogen-bond donors (Lipinski definition) is 1. The first-order valence-corrected chi connectivity index (χ1v) is 13.4. The van der Waals surface area contributed by atoms with E-state index in [1.807, 2.05) is 25.7 Å². The molecule has 1 saturated heterocycles. The van der Waals surface area contributed by atoms with Crippen molar-refractivity contribution in [2.75, 3.05) is 32.8 Å². The number of carbonyl (C=O) groups is 1. The van der Waals surface area contributed by atoms with Crippen molar-refractivity contribution in [1.82, 2.24) is 10.2 Å². The Bertz CT molecular complexity index is 481. The highest BCUT2D eigenvalue weighted by Gasteiger charge is 2.41. The first-order valence-electron chi connectivity index (χ1n) is 10.4. The second kappa shape index (κ2) is 9.27. The van der Waals surface area contributed by atoms with E-state index in [1.165, 1.54) is 0 Å². The minimum atomic E-state index is -1.79. The Hall–Kier alpha value is -0.593. The number of rotatable bonds is 7. The first-order chi connectivity index (χ1) is 12.1. The summed E-state index contributed by atoms with van der Waals surface area (Å²) >= 11 is 0. The van der Waals surface area contributed by atoms with E-state index in [0.29, 0.717) is 17.8 Å². The van der Waals surface area contributed by atoms with Crippen LogP contribution in [0.2, 0.25) is 18.1 Å². The summed E-state index contributed by atoms with van der Waals surface area (Å²) in [5.74, 6) is 1.38. The van der Waals surface area contributed by atoms with E-state index in [-0.39, 0.29) is 11.1 Å². The summed E-state index contributed by atoms with van der Waals surface area (Å²) in [6.07, 6.45) is -0.203. The van der Waals surface area contributed by atoms with Gasteiger partial charge in [-0.05, 0) is 57.3 Å². The molecule has 0 aromatic heterocycles. The van der Waals surface area contributed by atoms with Crippen molar-refractivity contribution >= 4 is 14.4 Å². The Balaban J connectivity index is 2.75. The molecule has 1 heterocycles. The standard InChI is InChI=1S/C21H44N2O3Si/c1-16(2)11-22-12-17-13-23(19(24)26-20(3,4)5)14-18(17)15-25-27(9,10)21(6,7)8/h16-18,22H,11-15H2,1-10H3/t17-,18+/m1/s1. The van der Waals surface area contributed by atoms with Crippen LogP contribution in [0.5, 0.6) is 0 Å². The highest BCUT2D eigenvalue weighted by atomic mass is 28.4. The minimum absolute atomic E-state index is 0.196. The van der Waals surface area contributed by atoms with Gasteiger partial charge in [-0.15, -0.1) is 0 Å². The fourth-order valence-corrected chi connectivity index (χ4v) is 3.99. The van der Waals surface area contributed by atoms with Crippen molar-refractivity contribution in [3.8, 4) is 0 Å². The smallest absolute Gasteiger partial charge is 0.410 e. The molecule has 1 fully saturated rings. The van der Waals surface area contributed by atoms with Gasteiger partial charge >= 0.3 is 6.09 Å². The maximum absolute atomic E-state index is 12.5. The number of carbonyl (C=O) groups excluding carboxylic acids is 1. The fraction of sp³-hybridized carbons (Fsp3) is 0.952. The lowest BCUT2D eigenvalue weighted by Crippen LogP contribution is -2.43. The number of likely N-dealkylation sites (tertiary alicyclic amines) is 1. The third kappa shape index (κ3) is 8.12. The lowest BCUT2D eigenvalue weighted by atomic mass is 9.97. The second-order valence-electron chi connectivity index (χ2n) is 11.0. The molecule has 1 amide bonds. The summed E-state index contributed by atoms with van der Waals surface area (Å²) in [5, 5.41) is 3.77. The van der Waals surface area contributed by atoms with Crippen LogP contribution in [0.3, 0.4) is 0 Å². The number of ether oxygens (including phenoxy) is 1. The zero-order chi connectivity index (χ0) is 21.0. The van der Waals surface area contributed by atoms with E-state index in [4.69, 9.17) is 9.16 Å². The van der Waals surface area contributed by atoms with Gasteiger partial charge in [-0.1, -0.05) is 34.6 Å². The zero-order valence-electron chi connectivity index (χ0n) is 19.4. The van der Waals surface area contributed by atoms with Gasteiger partial charge in [0, 0.05) is 32.2 Å². The molecule has 0 radical (unpaired) electrons. The van der Waals surface area contributed by atoms with Crippen LogP contribution in [-0.4, -0.2) is 57.7 Å². The van der Waals surface area contributed by atoms with Crippen molar-refractivity contribution in [3.63, 3.8) is 0 Å². The predicted molar refractivity (Wildman–Crippen MR) is 116 cm³/mol. The minimum Gasteiger partial charge on any atom is -0.444 e. The van der Waals surface area contributed by atoms with E-state index in [1.54, 1.807) is 0 Å². The van der Waals surface area contributed by atoms with Crippen LogP contribution in [0.25, 0.3) is 0 Å². The maximum Gasteiger partial charge on any atom is 0.410 e. The number of hydrogen-bond acceptors (Lipinski definition) is 4. The van der Waals surface area contributed by atoms with Crippen molar-refractivity contribution in [1.29, 1.82) is 0 Å². The van der Waals surface area contributed by atoms with Gasteiger partial charge in [0.25, 0.3) is 0 Å². The van der Waals surface area contributed by atoms with Gasteiger partial charge in [-0.2, -0.15) is 0 Å². The van der Waals surface area contributed by atoms with Gasteiger partial charge in [0.1, 0.15) is 5.60 Å². The highest BCUT2D eigenvalue weighted by molar-refractivity contribution is 6.74. The highest BCUT2D eigenvalue weighted by Crippen LogP contribution is 2.37. The van der Waals surface area contributed by atoms with Gasteiger partial charge in [0.05, 0.1) is 0 Å². The molecule has 160 valence electrons. The van der Waals surface area contributed by atoms with E-state index in [9.17, 15) is 4.79 Å². The van der Waals surface area contributed by atoms with Crippen molar-refractivity contribution in [3.05, 3.63) is 0 Å². The molecular formula is C21H44N2O3Si. The summed E-state index contributed by atoms with van der Waals surface area (Å²) in [7, 11) is -1.79. The Morgan fingerprint density at radius 3 is 2.15 bits per heavy atom. The van der Waals surface area contributed by atoms with Gasteiger partial charge in [-0.25, -0.2) is 4.79 Å². The molecule has 1 rings (SSSR count). The SMILES string of the molecule is CC(C)CNC[C@@H]1CN(C(=O)OC(C)(C)C)C[C@H]1CO[Si](C)(C)C(C)(C)C. The third-order valence-electron chi connectivity index (χ3n) is 5.65.